The fourth-order valence-corrected chi connectivity index (χ4v) is 1.81. The van der Waals surface area contributed by atoms with Crippen molar-refractivity contribution in [3.05, 3.63) is 23.5 Å². The van der Waals surface area contributed by atoms with Crippen LogP contribution in [0.4, 0.5) is 5.69 Å². The zero-order valence-electron chi connectivity index (χ0n) is 9.79. The highest BCUT2D eigenvalue weighted by Crippen LogP contribution is 2.20. The molecule has 1 aromatic heterocycles. The third-order valence-corrected chi connectivity index (χ3v) is 2.60. The van der Waals surface area contributed by atoms with Crippen LogP contribution in [-0.2, 0) is 4.74 Å². The molecule has 0 aliphatic carbocycles. The summed E-state index contributed by atoms with van der Waals surface area (Å²) in [6.45, 7) is 7.30. The summed E-state index contributed by atoms with van der Waals surface area (Å²) in [4.78, 5) is 6.68. The van der Waals surface area contributed by atoms with Gasteiger partial charge in [-0.05, 0) is 31.4 Å². The van der Waals surface area contributed by atoms with Crippen LogP contribution in [0.2, 0.25) is 0 Å². The van der Waals surface area contributed by atoms with Crippen molar-refractivity contribution in [1.29, 1.82) is 0 Å². The molecule has 0 unspecified atom stereocenters. The molecular weight excluding hydrogens is 200 g/mol. The van der Waals surface area contributed by atoms with Crippen molar-refractivity contribution >= 4 is 5.69 Å². The van der Waals surface area contributed by atoms with Gasteiger partial charge in [0.1, 0.15) is 5.69 Å². The lowest BCUT2D eigenvalue weighted by Gasteiger charge is -2.29. The summed E-state index contributed by atoms with van der Waals surface area (Å²) in [6.07, 6.45) is 1.86. The third kappa shape index (κ3) is 2.34. The van der Waals surface area contributed by atoms with E-state index in [0.717, 1.165) is 37.7 Å². The van der Waals surface area contributed by atoms with Crippen LogP contribution < -0.4 is 4.90 Å². The highest BCUT2D eigenvalue weighted by molar-refractivity contribution is 5.58. The molecule has 1 aliphatic rings. The number of pyridine rings is 1. The first-order valence-electron chi connectivity index (χ1n) is 5.53. The molecule has 3 nitrogen and oxygen atoms in total. The van der Waals surface area contributed by atoms with E-state index in [4.69, 9.17) is 4.74 Å². The summed E-state index contributed by atoms with van der Waals surface area (Å²) < 4.78 is 5.35. The van der Waals surface area contributed by atoms with Gasteiger partial charge in [-0.3, -0.25) is 0 Å². The third-order valence-electron chi connectivity index (χ3n) is 2.60. The lowest BCUT2D eigenvalue weighted by Crippen LogP contribution is -2.36. The lowest BCUT2D eigenvalue weighted by molar-refractivity contribution is 0.122. The molecule has 0 saturated carbocycles. The summed E-state index contributed by atoms with van der Waals surface area (Å²) in [6, 6.07) is 2.15. The Morgan fingerprint density at radius 2 is 2.12 bits per heavy atom. The Labute approximate surface area is 96.4 Å². The van der Waals surface area contributed by atoms with E-state index in [1.165, 1.54) is 5.56 Å². The lowest BCUT2D eigenvalue weighted by atomic mass is 10.2. The van der Waals surface area contributed by atoms with E-state index < -0.39 is 0 Å². The zero-order chi connectivity index (χ0) is 11.4. The van der Waals surface area contributed by atoms with Crippen molar-refractivity contribution in [2.45, 2.75) is 13.8 Å². The van der Waals surface area contributed by atoms with Crippen LogP contribution in [0.1, 0.15) is 18.2 Å². The van der Waals surface area contributed by atoms with Gasteiger partial charge in [0, 0.05) is 19.3 Å². The predicted octanol–water partition coefficient (Wildman–Crippen LogP) is 1.60. The number of hydrogen-bond acceptors (Lipinski definition) is 3. The molecule has 2 heterocycles. The van der Waals surface area contributed by atoms with Crippen LogP contribution in [0.25, 0.3) is 0 Å². The molecule has 84 valence electrons. The standard InChI is InChI=1S/C13H16N2O/c1-3-4-12-13(9-11(2)10-14-12)15-5-7-16-8-6-15/h9-10H,5-8H2,1-2H3. The van der Waals surface area contributed by atoms with E-state index in [0.29, 0.717) is 0 Å². The van der Waals surface area contributed by atoms with Crippen LogP contribution >= 0.6 is 0 Å². The number of aromatic nitrogens is 1. The van der Waals surface area contributed by atoms with Crippen LogP contribution in [-0.4, -0.2) is 31.3 Å². The molecule has 3 heteroatoms. The highest BCUT2D eigenvalue weighted by atomic mass is 16.5. The normalized spacial score (nSPS) is 15.5. The Morgan fingerprint density at radius 1 is 1.38 bits per heavy atom. The Kier molecular flexibility index (Phi) is 3.43. The molecule has 0 spiro atoms. The SMILES string of the molecule is CC#Cc1ncc(C)cc1N1CCOCC1. The first-order chi connectivity index (χ1) is 7.81. The van der Waals surface area contributed by atoms with Crippen molar-refractivity contribution < 1.29 is 4.74 Å². The highest BCUT2D eigenvalue weighted by Gasteiger charge is 2.14. The Bertz CT molecular complexity index is 425. The molecule has 0 N–H and O–H groups in total. The fraction of sp³-hybridized carbons (Fsp3) is 0.462. The molecule has 16 heavy (non-hydrogen) atoms. The molecule has 0 atom stereocenters. The van der Waals surface area contributed by atoms with Crippen molar-refractivity contribution in [2.24, 2.45) is 0 Å². The topological polar surface area (TPSA) is 25.4 Å². The number of ether oxygens (including phenoxy) is 1. The molecule has 0 aromatic carbocycles. The summed E-state index contributed by atoms with van der Waals surface area (Å²) >= 11 is 0. The van der Waals surface area contributed by atoms with E-state index in [1.807, 2.05) is 13.1 Å². The average molecular weight is 216 g/mol. The van der Waals surface area contributed by atoms with Gasteiger partial charge in [0.25, 0.3) is 0 Å². The van der Waals surface area contributed by atoms with Crippen LogP contribution in [0, 0.1) is 18.8 Å². The van der Waals surface area contributed by atoms with Crippen LogP contribution in [0.5, 0.6) is 0 Å². The minimum absolute atomic E-state index is 0.785. The monoisotopic (exact) mass is 216 g/mol. The van der Waals surface area contributed by atoms with E-state index >= 15 is 0 Å². The Balaban J connectivity index is 2.34. The van der Waals surface area contributed by atoms with E-state index in [2.05, 4.69) is 34.7 Å². The van der Waals surface area contributed by atoms with E-state index in [9.17, 15) is 0 Å². The Hall–Kier alpha value is -1.53. The van der Waals surface area contributed by atoms with Crippen molar-refractivity contribution in [3.63, 3.8) is 0 Å². The number of rotatable bonds is 1. The van der Waals surface area contributed by atoms with Crippen molar-refractivity contribution in [1.82, 2.24) is 4.98 Å². The van der Waals surface area contributed by atoms with Gasteiger partial charge < -0.3 is 9.64 Å². The fourth-order valence-electron chi connectivity index (χ4n) is 1.81. The van der Waals surface area contributed by atoms with Gasteiger partial charge in [0.15, 0.2) is 0 Å². The quantitative estimate of drug-likeness (QED) is 0.667. The van der Waals surface area contributed by atoms with Crippen LogP contribution in [0.15, 0.2) is 12.3 Å². The van der Waals surface area contributed by atoms with Gasteiger partial charge in [0.2, 0.25) is 0 Å². The predicted molar refractivity (Wildman–Crippen MR) is 64.6 cm³/mol. The smallest absolute Gasteiger partial charge is 0.136 e. The average Bonchev–Trinajstić information content (AvgIpc) is 2.33. The second kappa shape index (κ2) is 5.00. The minimum atomic E-state index is 0.785. The second-order valence-corrected chi connectivity index (χ2v) is 3.85. The maximum Gasteiger partial charge on any atom is 0.136 e. The largest absolute Gasteiger partial charge is 0.378 e. The molecule has 1 aromatic rings. The number of nitrogens with zero attached hydrogens (tertiary/aromatic N) is 2. The summed E-state index contributed by atoms with van der Waals surface area (Å²) in [5, 5.41) is 0. The summed E-state index contributed by atoms with van der Waals surface area (Å²) in [5.74, 6) is 5.97. The minimum Gasteiger partial charge on any atom is -0.378 e. The molecule has 2 rings (SSSR count). The van der Waals surface area contributed by atoms with Gasteiger partial charge >= 0.3 is 0 Å². The van der Waals surface area contributed by atoms with Crippen molar-refractivity contribution in [3.8, 4) is 11.8 Å². The molecular formula is C13H16N2O. The maximum atomic E-state index is 5.35. The van der Waals surface area contributed by atoms with E-state index in [1.54, 1.807) is 0 Å². The van der Waals surface area contributed by atoms with E-state index in [-0.39, 0.29) is 0 Å². The zero-order valence-corrected chi connectivity index (χ0v) is 9.79. The Morgan fingerprint density at radius 3 is 2.81 bits per heavy atom. The number of anilines is 1. The molecule has 1 aliphatic heterocycles. The van der Waals surface area contributed by atoms with Gasteiger partial charge in [-0.15, -0.1) is 0 Å². The summed E-state index contributed by atoms with van der Waals surface area (Å²) in [5.41, 5.74) is 3.18. The molecule has 1 saturated heterocycles. The van der Waals surface area contributed by atoms with Gasteiger partial charge in [-0.1, -0.05) is 5.92 Å². The van der Waals surface area contributed by atoms with Crippen molar-refractivity contribution in [2.75, 3.05) is 31.2 Å². The molecule has 0 amide bonds. The molecule has 0 bridgehead atoms. The van der Waals surface area contributed by atoms with Gasteiger partial charge in [-0.25, -0.2) is 4.98 Å². The number of morpholine rings is 1. The first kappa shape index (κ1) is 11.0. The number of hydrogen-bond donors (Lipinski definition) is 0. The van der Waals surface area contributed by atoms with Gasteiger partial charge in [-0.2, -0.15) is 0 Å². The van der Waals surface area contributed by atoms with Crippen LogP contribution in [0.3, 0.4) is 0 Å². The first-order valence-corrected chi connectivity index (χ1v) is 5.53. The van der Waals surface area contributed by atoms with Gasteiger partial charge in [0.05, 0.1) is 18.9 Å². The second-order valence-electron chi connectivity index (χ2n) is 3.85. The molecule has 0 radical (unpaired) electrons. The summed E-state index contributed by atoms with van der Waals surface area (Å²) in [7, 11) is 0. The number of aryl methyl sites for hydroxylation is 1. The molecule has 1 fully saturated rings. The maximum absolute atomic E-state index is 5.35.